The Morgan fingerprint density at radius 3 is 0.724 bits per heavy atom. The lowest BCUT2D eigenvalue weighted by Crippen LogP contribution is -2.12. The minimum Gasteiger partial charge on any atom is -0.493 e. The predicted octanol–water partition coefficient (Wildman–Crippen LogP) is 9.07. The maximum absolute atomic E-state index is 12.4. The van der Waals surface area contributed by atoms with Gasteiger partial charge in [0.1, 0.15) is 34.5 Å². The number of methoxy groups -OCH3 is 2. The van der Waals surface area contributed by atoms with Gasteiger partial charge >= 0.3 is 35.8 Å². The van der Waals surface area contributed by atoms with Crippen LogP contribution in [0.2, 0.25) is 0 Å². The molecule has 0 radical (unpaired) electrons. The summed E-state index contributed by atoms with van der Waals surface area (Å²) < 4.78 is 51.1. The van der Waals surface area contributed by atoms with Crippen LogP contribution in [0, 0.1) is 0 Å². The Balaban J connectivity index is 0.000000280. The molecule has 0 saturated carbocycles. The van der Waals surface area contributed by atoms with Crippen molar-refractivity contribution in [2.24, 2.45) is 0 Å². The molecular weight excluding hydrogens is 1130 g/mol. The summed E-state index contributed by atoms with van der Waals surface area (Å²) in [6, 6.07) is 39.8. The highest BCUT2D eigenvalue weighted by Gasteiger charge is 2.12. The van der Waals surface area contributed by atoms with Crippen molar-refractivity contribution in [3.05, 3.63) is 162 Å². The fraction of sp³-hybridized carbons (Fsp3) is 0.286. The van der Waals surface area contributed by atoms with Crippen LogP contribution in [-0.4, -0.2) is 131 Å². The highest BCUT2D eigenvalue weighted by molar-refractivity contribution is 6.05. The number of esters is 4. The first-order valence-electron chi connectivity index (χ1n) is 27.2. The molecule has 462 valence electrons. The summed E-state index contributed by atoms with van der Waals surface area (Å²) >= 11 is 0. The zero-order chi connectivity index (χ0) is 63.2. The minimum absolute atomic E-state index is 0.0573. The summed E-state index contributed by atoms with van der Waals surface area (Å²) in [7, 11) is 2.65. The third-order valence-electron chi connectivity index (χ3n) is 11.2. The number of ether oxygens (including phenoxy) is 10. The van der Waals surface area contributed by atoms with Crippen LogP contribution in [0.25, 0.3) is 0 Å². The van der Waals surface area contributed by atoms with Gasteiger partial charge in [-0.3, -0.25) is 43.2 Å². The first-order chi connectivity index (χ1) is 42.0. The Morgan fingerprint density at radius 2 is 0.517 bits per heavy atom. The Morgan fingerprint density at radius 1 is 0.310 bits per heavy atom. The van der Waals surface area contributed by atoms with Gasteiger partial charge in [0.25, 0.3) is 17.7 Å². The van der Waals surface area contributed by atoms with Gasteiger partial charge in [0.05, 0.1) is 106 Å². The number of hydrogen-bond donors (Lipinski definition) is 5. The summed E-state index contributed by atoms with van der Waals surface area (Å²) in [6.45, 7) is 5.16. The molecule has 0 heterocycles. The lowest BCUT2D eigenvalue weighted by Gasteiger charge is -2.09. The van der Waals surface area contributed by atoms with Crippen molar-refractivity contribution in [2.45, 2.75) is 52.4 Å². The molecule has 0 aromatic heterocycles. The number of carboxylic acids is 2. The average Bonchev–Trinajstić information content (AvgIpc) is 3.67. The monoisotopic (exact) mass is 1200 g/mol. The van der Waals surface area contributed by atoms with E-state index in [0.29, 0.717) is 81.5 Å². The van der Waals surface area contributed by atoms with Crippen LogP contribution < -0.4 is 44.4 Å². The van der Waals surface area contributed by atoms with E-state index in [2.05, 4.69) is 25.4 Å². The molecule has 6 rings (SSSR count). The Hall–Kier alpha value is -10.7. The number of carboxylic acid groups (broad SMARTS) is 2. The van der Waals surface area contributed by atoms with Crippen LogP contribution in [0.4, 0.5) is 17.1 Å². The number of benzene rings is 6. The molecule has 0 bridgehead atoms. The summed E-state index contributed by atoms with van der Waals surface area (Å²) in [5.41, 5.74) is 3.12. The molecule has 6 aromatic carbocycles. The number of nitrogens with one attached hydrogen (secondary N) is 3. The van der Waals surface area contributed by atoms with Crippen molar-refractivity contribution in [1.82, 2.24) is 0 Å². The van der Waals surface area contributed by atoms with E-state index in [1.54, 1.807) is 159 Å². The molecule has 5 N–H and O–H groups in total. The smallest absolute Gasteiger partial charge is 0.309 e. The highest BCUT2D eigenvalue weighted by atomic mass is 16.5. The van der Waals surface area contributed by atoms with E-state index in [4.69, 9.17) is 48.1 Å². The number of carbonyl (C=O) groups is 9. The second-order valence-electron chi connectivity index (χ2n) is 17.6. The first kappa shape index (κ1) is 68.8. The molecule has 0 spiro atoms. The molecule has 24 nitrogen and oxygen atoms in total. The molecule has 0 aliphatic heterocycles. The molecule has 0 unspecified atom stereocenters. The number of aliphatic carboxylic acids is 2. The molecule has 87 heavy (non-hydrogen) atoms. The van der Waals surface area contributed by atoms with Crippen molar-refractivity contribution in [3.8, 4) is 34.5 Å². The molecule has 24 heteroatoms. The second kappa shape index (κ2) is 39.0. The summed E-state index contributed by atoms with van der Waals surface area (Å²) in [5, 5.41) is 25.4. The van der Waals surface area contributed by atoms with E-state index in [-0.39, 0.29) is 120 Å². The summed E-state index contributed by atoms with van der Waals surface area (Å²) in [6.07, 6.45) is 0.471. The van der Waals surface area contributed by atoms with Gasteiger partial charge < -0.3 is 73.5 Å². The van der Waals surface area contributed by atoms with E-state index >= 15 is 0 Å². The fourth-order valence-electron chi connectivity index (χ4n) is 6.81. The van der Waals surface area contributed by atoms with E-state index in [1.807, 2.05) is 0 Å². The molecule has 0 fully saturated rings. The van der Waals surface area contributed by atoms with Gasteiger partial charge in [0.15, 0.2) is 0 Å². The molecule has 3 amide bonds. The maximum Gasteiger partial charge on any atom is 0.309 e. The molecular formula is C63H69N3O21. The lowest BCUT2D eigenvalue weighted by atomic mass is 10.2. The van der Waals surface area contributed by atoms with Crippen molar-refractivity contribution in [1.29, 1.82) is 0 Å². The molecule has 0 saturated heterocycles. The fourth-order valence-corrected chi connectivity index (χ4v) is 6.81. The van der Waals surface area contributed by atoms with Gasteiger partial charge in [-0.2, -0.15) is 0 Å². The first-order valence-corrected chi connectivity index (χ1v) is 27.2. The van der Waals surface area contributed by atoms with Crippen LogP contribution in [0.3, 0.4) is 0 Å². The molecule has 0 aliphatic rings. The molecule has 6 aromatic rings. The van der Waals surface area contributed by atoms with E-state index in [0.717, 1.165) is 0 Å². The topological polar surface area (TPSA) is 322 Å². The summed E-state index contributed by atoms with van der Waals surface area (Å²) in [5.74, 6) is -0.748. The lowest BCUT2D eigenvalue weighted by molar-refractivity contribution is -0.144. The number of anilines is 3. The van der Waals surface area contributed by atoms with Crippen molar-refractivity contribution in [2.75, 3.05) is 83.0 Å². The van der Waals surface area contributed by atoms with Crippen molar-refractivity contribution < 1.29 is 101 Å². The Bertz CT molecular complexity index is 3120. The molecule has 0 aliphatic carbocycles. The number of amides is 3. The SMILES string of the molecule is CCOC(=O)CCOc1ccc(NC(=O)c2ccc(OCCC(=O)OCC)cc2)cc1.COC(=O)CCOc1ccc(NC(=O)c2ccc(OCCC(=O)OC)cc2)cc1.O=C(O)CCOc1ccc(NC(=O)c2ccc(OCCC(=O)O)cc2)cc1. The average molecular weight is 1200 g/mol. The standard InChI is InChI=1S/C23H27NO7.C21H23NO7.C19H19NO7/c1-3-28-21(25)13-15-30-19-9-5-17(6-10-19)23(27)24-18-7-11-20(12-8-18)31-16-14-22(26)29-4-2;1-26-19(23)11-13-28-17-7-3-15(4-8-17)21(25)22-16-5-9-18(10-6-16)29-14-12-20(24)27-2;21-17(22)9-11-26-15-5-1-13(2-6-15)19(25)20-14-3-7-16(8-4-14)27-12-10-18(23)24/h5-12H,3-4,13-16H2,1-2H3,(H,24,27);3-10H,11-14H2,1-2H3,(H,22,25);1-8H,9-12H2,(H,20,25)(H,21,22)(H,23,24). The van der Waals surface area contributed by atoms with E-state index in [9.17, 15) is 43.2 Å². The van der Waals surface area contributed by atoms with Crippen LogP contribution in [0.15, 0.2) is 146 Å². The number of carbonyl (C=O) groups excluding carboxylic acids is 7. The van der Waals surface area contributed by atoms with Gasteiger partial charge in [0.2, 0.25) is 0 Å². The van der Waals surface area contributed by atoms with Gasteiger partial charge in [-0.25, -0.2) is 0 Å². The second-order valence-corrected chi connectivity index (χ2v) is 17.6. The van der Waals surface area contributed by atoms with Gasteiger partial charge in [-0.05, 0) is 159 Å². The highest BCUT2D eigenvalue weighted by Crippen LogP contribution is 2.22. The van der Waals surface area contributed by atoms with Crippen LogP contribution in [0.1, 0.15) is 83.4 Å². The van der Waals surface area contributed by atoms with Crippen LogP contribution >= 0.6 is 0 Å². The maximum atomic E-state index is 12.4. The number of rotatable bonds is 32. The van der Waals surface area contributed by atoms with Crippen molar-refractivity contribution in [3.63, 3.8) is 0 Å². The van der Waals surface area contributed by atoms with E-state index < -0.39 is 11.9 Å². The minimum atomic E-state index is -0.940. The number of hydrogen-bond acceptors (Lipinski definition) is 19. The Kier molecular flexibility index (Phi) is 30.9. The molecule has 0 atom stereocenters. The summed E-state index contributed by atoms with van der Waals surface area (Å²) in [4.78, 5) is 103. The largest absolute Gasteiger partial charge is 0.493 e. The normalized spacial score (nSPS) is 10.1. The van der Waals surface area contributed by atoms with Crippen LogP contribution in [-0.2, 0) is 47.7 Å². The van der Waals surface area contributed by atoms with Gasteiger partial charge in [-0.1, -0.05) is 0 Å². The zero-order valence-corrected chi connectivity index (χ0v) is 48.4. The van der Waals surface area contributed by atoms with Crippen LogP contribution in [0.5, 0.6) is 34.5 Å². The third kappa shape index (κ3) is 28.5. The predicted molar refractivity (Wildman–Crippen MR) is 316 cm³/mol. The zero-order valence-electron chi connectivity index (χ0n) is 48.4. The van der Waals surface area contributed by atoms with Gasteiger partial charge in [0, 0.05) is 33.8 Å². The van der Waals surface area contributed by atoms with Gasteiger partial charge in [-0.15, -0.1) is 0 Å². The quantitative estimate of drug-likeness (QED) is 0.0194. The third-order valence-corrected chi connectivity index (χ3v) is 11.2. The van der Waals surface area contributed by atoms with Crippen molar-refractivity contribution >= 4 is 70.6 Å². The Labute approximate surface area is 501 Å². The van der Waals surface area contributed by atoms with E-state index in [1.165, 1.54) is 14.2 Å².